The third-order valence-electron chi connectivity index (χ3n) is 4.98. The molecule has 2 aromatic heterocycles. The molecule has 0 saturated carbocycles. The van der Waals surface area contributed by atoms with Gasteiger partial charge in [0.05, 0.1) is 16.8 Å². The summed E-state index contributed by atoms with van der Waals surface area (Å²) in [7, 11) is 0. The highest BCUT2D eigenvalue weighted by molar-refractivity contribution is 6.01. The van der Waals surface area contributed by atoms with E-state index < -0.39 is 0 Å². The highest BCUT2D eigenvalue weighted by Gasteiger charge is 2.16. The number of fused-ring (bicyclic) bond motifs is 2. The van der Waals surface area contributed by atoms with E-state index in [2.05, 4.69) is 28.5 Å². The Balaban J connectivity index is 1.65. The number of benzene rings is 3. The van der Waals surface area contributed by atoms with Crippen molar-refractivity contribution in [3.8, 4) is 17.1 Å². The largest absolute Gasteiger partial charge is 0.494 e. The minimum Gasteiger partial charge on any atom is -0.494 e. The van der Waals surface area contributed by atoms with Crippen molar-refractivity contribution >= 4 is 27.5 Å². The van der Waals surface area contributed by atoms with Crippen LogP contribution in [-0.4, -0.2) is 15.1 Å². The van der Waals surface area contributed by atoms with Gasteiger partial charge in [0, 0.05) is 28.5 Å². The van der Waals surface area contributed by atoms with Gasteiger partial charge in [-0.2, -0.15) is 0 Å². The number of hydrogen-bond donors (Lipinski definition) is 3. The van der Waals surface area contributed by atoms with Gasteiger partial charge in [-0.3, -0.25) is 0 Å². The summed E-state index contributed by atoms with van der Waals surface area (Å²) in [6, 6.07) is 28.2. The van der Waals surface area contributed by atoms with Gasteiger partial charge in [0.1, 0.15) is 0 Å². The molecule has 0 aliphatic carbocycles. The molecule has 0 radical (unpaired) electrons. The van der Waals surface area contributed by atoms with Crippen molar-refractivity contribution in [1.29, 1.82) is 0 Å². The third-order valence-corrected chi connectivity index (χ3v) is 4.98. The maximum Gasteiger partial charge on any atom is 0.199 e. The molecule has 28 heavy (non-hydrogen) atoms. The summed E-state index contributed by atoms with van der Waals surface area (Å²) in [5.41, 5.74) is 5.45. The molecule has 5 aromatic rings. The van der Waals surface area contributed by atoms with Crippen LogP contribution < -0.4 is 5.32 Å². The summed E-state index contributed by atoms with van der Waals surface area (Å²) in [6.07, 6.45) is 0. The van der Waals surface area contributed by atoms with E-state index in [4.69, 9.17) is 4.98 Å². The highest BCUT2D eigenvalue weighted by atomic mass is 16.3. The predicted molar refractivity (Wildman–Crippen MR) is 114 cm³/mol. The molecule has 0 fully saturated rings. The van der Waals surface area contributed by atoms with Gasteiger partial charge < -0.3 is 15.4 Å². The zero-order valence-corrected chi connectivity index (χ0v) is 15.2. The van der Waals surface area contributed by atoms with Crippen LogP contribution in [0.5, 0.6) is 5.88 Å². The van der Waals surface area contributed by atoms with Crippen LogP contribution in [0.4, 0.5) is 5.69 Å². The molecule has 2 heterocycles. The van der Waals surface area contributed by atoms with Crippen LogP contribution in [0.15, 0.2) is 84.9 Å². The van der Waals surface area contributed by atoms with Gasteiger partial charge in [0.2, 0.25) is 0 Å². The number of aromatic nitrogens is 2. The van der Waals surface area contributed by atoms with E-state index in [9.17, 15) is 5.11 Å². The van der Waals surface area contributed by atoms with E-state index in [1.54, 1.807) is 0 Å². The van der Waals surface area contributed by atoms with Crippen molar-refractivity contribution in [2.75, 3.05) is 5.32 Å². The topological polar surface area (TPSA) is 60.9 Å². The quantitative estimate of drug-likeness (QED) is 0.383. The molecule has 0 aliphatic rings. The first-order chi connectivity index (χ1) is 13.8. The molecule has 0 atom stereocenters. The number of aromatic hydroxyl groups is 1. The van der Waals surface area contributed by atoms with Crippen molar-refractivity contribution in [3.63, 3.8) is 0 Å². The second-order valence-corrected chi connectivity index (χ2v) is 6.81. The van der Waals surface area contributed by atoms with E-state index >= 15 is 0 Å². The zero-order valence-electron chi connectivity index (χ0n) is 15.2. The van der Waals surface area contributed by atoms with Gasteiger partial charge in [-0.15, -0.1) is 0 Å². The number of para-hydroxylation sites is 2. The van der Waals surface area contributed by atoms with Gasteiger partial charge in [0.25, 0.3) is 0 Å². The van der Waals surface area contributed by atoms with Gasteiger partial charge >= 0.3 is 0 Å². The number of rotatable bonds is 4. The standard InChI is InChI=1S/C24H19N3O/c28-24-23(18-11-5-7-13-20(18)27-24)22-14-21(17-10-4-6-12-19(17)26-22)25-15-16-8-2-1-3-9-16/h1-14,27-28H,15H2,(H,25,26). The molecule has 3 N–H and O–H groups in total. The lowest BCUT2D eigenvalue weighted by Crippen LogP contribution is -2.01. The summed E-state index contributed by atoms with van der Waals surface area (Å²) in [5, 5.41) is 16.1. The average Bonchev–Trinajstić information content (AvgIpc) is 3.08. The van der Waals surface area contributed by atoms with Crippen molar-refractivity contribution in [3.05, 3.63) is 90.5 Å². The van der Waals surface area contributed by atoms with Crippen molar-refractivity contribution in [2.45, 2.75) is 6.54 Å². The van der Waals surface area contributed by atoms with Crippen LogP contribution in [0.2, 0.25) is 0 Å². The van der Waals surface area contributed by atoms with Gasteiger partial charge in [0.15, 0.2) is 5.88 Å². The van der Waals surface area contributed by atoms with Crippen LogP contribution in [0.25, 0.3) is 33.1 Å². The summed E-state index contributed by atoms with van der Waals surface area (Å²) < 4.78 is 0. The third kappa shape index (κ3) is 2.85. The fourth-order valence-corrected chi connectivity index (χ4v) is 3.63. The number of anilines is 1. The smallest absolute Gasteiger partial charge is 0.199 e. The van der Waals surface area contributed by atoms with Crippen LogP contribution in [0.3, 0.4) is 0 Å². The second kappa shape index (κ2) is 6.74. The Bertz CT molecular complexity index is 1280. The Kier molecular flexibility index (Phi) is 3.95. The number of nitrogens with zero attached hydrogens (tertiary/aromatic N) is 1. The van der Waals surface area contributed by atoms with E-state index in [0.29, 0.717) is 6.54 Å². The van der Waals surface area contributed by atoms with Crippen LogP contribution in [-0.2, 0) is 6.54 Å². The molecule has 0 bridgehead atoms. The fourth-order valence-electron chi connectivity index (χ4n) is 3.63. The minimum absolute atomic E-state index is 0.137. The Labute approximate surface area is 162 Å². The molecule has 0 unspecified atom stereocenters. The molecule has 3 aromatic carbocycles. The van der Waals surface area contributed by atoms with Crippen LogP contribution in [0.1, 0.15) is 5.56 Å². The molecule has 5 rings (SSSR count). The molecule has 0 saturated heterocycles. The molecule has 136 valence electrons. The lowest BCUT2D eigenvalue weighted by molar-refractivity contribution is 0.460. The zero-order chi connectivity index (χ0) is 18.9. The molecule has 4 nitrogen and oxygen atoms in total. The highest BCUT2D eigenvalue weighted by Crippen LogP contribution is 2.38. The van der Waals surface area contributed by atoms with Crippen molar-refractivity contribution in [1.82, 2.24) is 9.97 Å². The van der Waals surface area contributed by atoms with E-state index in [1.807, 2.05) is 66.7 Å². The molecule has 0 aliphatic heterocycles. The van der Waals surface area contributed by atoms with E-state index in [1.165, 1.54) is 5.56 Å². The monoisotopic (exact) mass is 365 g/mol. The van der Waals surface area contributed by atoms with Crippen LogP contribution >= 0.6 is 0 Å². The number of hydrogen-bond acceptors (Lipinski definition) is 3. The number of nitrogens with one attached hydrogen (secondary N) is 2. The summed E-state index contributed by atoms with van der Waals surface area (Å²) in [6.45, 7) is 0.716. The van der Waals surface area contributed by atoms with Crippen LogP contribution in [0, 0.1) is 0 Å². The van der Waals surface area contributed by atoms with E-state index in [0.717, 1.165) is 38.8 Å². The minimum atomic E-state index is 0.137. The second-order valence-electron chi connectivity index (χ2n) is 6.81. The normalized spacial score (nSPS) is 11.1. The Morgan fingerprint density at radius 2 is 1.54 bits per heavy atom. The van der Waals surface area contributed by atoms with Crippen molar-refractivity contribution in [2.24, 2.45) is 0 Å². The molecule has 0 spiro atoms. The van der Waals surface area contributed by atoms with Gasteiger partial charge in [-0.1, -0.05) is 66.7 Å². The first kappa shape index (κ1) is 16.4. The molecular formula is C24H19N3O. The van der Waals surface area contributed by atoms with E-state index in [-0.39, 0.29) is 5.88 Å². The lowest BCUT2D eigenvalue weighted by Gasteiger charge is -2.12. The first-order valence-electron chi connectivity index (χ1n) is 9.27. The molecular weight excluding hydrogens is 346 g/mol. The summed E-state index contributed by atoms with van der Waals surface area (Å²) >= 11 is 0. The predicted octanol–water partition coefficient (Wildman–Crippen LogP) is 5.70. The van der Waals surface area contributed by atoms with Crippen molar-refractivity contribution < 1.29 is 5.11 Å². The van der Waals surface area contributed by atoms with Gasteiger partial charge in [-0.05, 0) is 23.8 Å². The summed E-state index contributed by atoms with van der Waals surface area (Å²) in [5.74, 6) is 0.137. The number of H-pyrrole nitrogens is 1. The van der Waals surface area contributed by atoms with Gasteiger partial charge in [-0.25, -0.2) is 4.98 Å². The average molecular weight is 365 g/mol. The number of pyridine rings is 1. The number of aromatic amines is 1. The first-order valence-corrected chi connectivity index (χ1v) is 9.27. The maximum atomic E-state index is 10.5. The Morgan fingerprint density at radius 1 is 0.821 bits per heavy atom. The maximum absolute atomic E-state index is 10.5. The summed E-state index contributed by atoms with van der Waals surface area (Å²) in [4.78, 5) is 7.87. The fraction of sp³-hybridized carbons (Fsp3) is 0.0417. The Morgan fingerprint density at radius 3 is 2.39 bits per heavy atom. The molecule has 4 heteroatoms. The Hall–Kier alpha value is -3.79. The lowest BCUT2D eigenvalue weighted by atomic mass is 10.1. The molecule has 0 amide bonds. The SMILES string of the molecule is Oc1[nH]c2ccccc2c1-c1cc(NCc2ccccc2)c2ccccc2n1.